The van der Waals surface area contributed by atoms with Crippen molar-refractivity contribution < 1.29 is 14.3 Å². The maximum atomic E-state index is 12.9. The first kappa shape index (κ1) is 15.8. The zero-order valence-corrected chi connectivity index (χ0v) is 12.8. The van der Waals surface area contributed by atoms with Crippen LogP contribution in [0, 0.1) is 0 Å². The summed E-state index contributed by atoms with van der Waals surface area (Å²) in [4.78, 5) is 14.6. The number of nitrogens with two attached hydrogens (primary N) is 1. The predicted octanol–water partition coefficient (Wildman–Crippen LogP) is 1.95. The molecule has 0 atom stereocenters. The van der Waals surface area contributed by atoms with Crippen molar-refractivity contribution in [3.63, 3.8) is 0 Å². The summed E-state index contributed by atoms with van der Waals surface area (Å²) in [6.45, 7) is 5.95. The molecule has 21 heavy (non-hydrogen) atoms. The van der Waals surface area contributed by atoms with E-state index in [9.17, 15) is 4.79 Å². The molecule has 0 unspecified atom stereocenters. The summed E-state index contributed by atoms with van der Waals surface area (Å²) in [5.74, 6) is 0.780. The Morgan fingerprint density at radius 1 is 1.24 bits per heavy atom. The molecule has 0 radical (unpaired) electrons. The minimum absolute atomic E-state index is 0.0162. The van der Waals surface area contributed by atoms with E-state index < -0.39 is 5.60 Å². The summed E-state index contributed by atoms with van der Waals surface area (Å²) >= 11 is 0. The lowest BCUT2D eigenvalue weighted by molar-refractivity contribution is -0.136. The number of rotatable bonds is 7. The summed E-state index contributed by atoms with van der Waals surface area (Å²) in [5.41, 5.74) is 5.47. The van der Waals surface area contributed by atoms with E-state index in [4.69, 9.17) is 15.2 Å². The van der Waals surface area contributed by atoms with Gasteiger partial charge in [-0.25, -0.2) is 0 Å². The average molecular weight is 292 g/mol. The number of nitrogens with zero attached hydrogens (tertiary/aromatic N) is 1. The molecule has 1 aliphatic rings. The topological polar surface area (TPSA) is 64.8 Å². The van der Waals surface area contributed by atoms with Crippen LogP contribution >= 0.6 is 0 Å². The van der Waals surface area contributed by atoms with E-state index in [0.717, 1.165) is 11.4 Å². The molecule has 1 aromatic rings. The fourth-order valence-electron chi connectivity index (χ4n) is 2.64. The Bertz CT molecular complexity index is 486. The number of benzene rings is 1. The first-order chi connectivity index (χ1) is 10.2. The van der Waals surface area contributed by atoms with Crippen LogP contribution in [0.3, 0.4) is 0 Å². The molecule has 116 valence electrons. The fourth-order valence-corrected chi connectivity index (χ4v) is 2.64. The molecule has 1 amide bonds. The van der Waals surface area contributed by atoms with Gasteiger partial charge in [0, 0.05) is 13.1 Å². The molecule has 0 bridgehead atoms. The van der Waals surface area contributed by atoms with Gasteiger partial charge in [0.05, 0.1) is 18.9 Å². The number of anilines is 1. The quantitative estimate of drug-likeness (QED) is 0.780. The maximum Gasteiger partial charge on any atom is 0.271 e. The van der Waals surface area contributed by atoms with Gasteiger partial charge in [-0.2, -0.15) is 0 Å². The largest absolute Gasteiger partial charge is 0.475 e. The van der Waals surface area contributed by atoms with Gasteiger partial charge < -0.3 is 20.1 Å². The molecule has 5 heteroatoms. The third-order valence-corrected chi connectivity index (χ3v) is 3.96. The summed E-state index contributed by atoms with van der Waals surface area (Å²) < 4.78 is 11.5. The van der Waals surface area contributed by atoms with Gasteiger partial charge in [-0.3, -0.25) is 4.79 Å². The predicted molar refractivity (Wildman–Crippen MR) is 82.6 cm³/mol. The highest BCUT2D eigenvalue weighted by Gasteiger charge is 2.45. The molecule has 2 N–H and O–H groups in total. The molecule has 0 spiro atoms. The number of fused-ring (bicyclic) bond motifs is 1. The van der Waals surface area contributed by atoms with Crippen molar-refractivity contribution in [2.75, 3.05) is 31.2 Å². The first-order valence-electron chi connectivity index (χ1n) is 7.56. The Balaban J connectivity index is 2.25. The number of ether oxygens (including phenoxy) is 2. The number of hydrogen-bond donors (Lipinski definition) is 1. The van der Waals surface area contributed by atoms with Crippen molar-refractivity contribution in [2.45, 2.75) is 32.3 Å². The van der Waals surface area contributed by atoms with Crippen molar-refractivity contribution in [1.29, 1.82) is 0 Å². The van der Waals surface area contributed by atoms with Crippen molar-refractivity contribution in [3.05, 3.63) is 24.3 Å². The normalized spacial score (nSPS) is 16.5. The third kappa shape index (κ3) is 3.04. The smallest absolute Gasteiger partial charge is 0.271 e. The second-order valence-corrected chi connectivity index (χ2v) is 5.13. The van der Waals surface area contributed by atoms with Crippen LogP contribution in [0.5, 0.6) is 5.75 Å². The van der Waals surface area contributed by atoms with Crippen LogP contribution in [0.2, 0.25) is 0 Å². The zero-order chi connectivity index (χ0) is 15.3. The van der Waals surface area contributed by atoms with Crippen molar-refractivity contribution in [1.82, 2.24) is 0 Å². The summed E-state index contributed by atoms with van der Waals surface area (Å²) in [6.07, 6.45) is 1.30. The second-order valence-electron chi connectivity index (χ2n) is 5.13. The van der Waals surface area contributed by atoms with E-state index in [-0.39, 0.29) is 5.91 Å². The lowest BCUT2D eigenvalue weighted by Crippen LogP contribution is -2.56. The molecule has 0 saturated heterocycles. The van der Waals surface area contributed by atoms with Gasteiger partial charge in [-0.05, 0) is 25.0 Å². The van der Waals surface area contributed by atoms with Crippen LogP contribution in [0.15, 0.2) is 24.3 Å². The van der Waals surface area contributed by atoms with E-state index >= 15 is 0 Å². The minimum atomic E-state index is -0.762. The molecule has 1 aliphatic heterocycles. The summed E-state index contributed by atoms with van der Waals surface area (Å²) in [6, 6.07) is 7.66. The molecular weight excluding hydrogens is 268 g/mol. The Morgan fingerprint density at radius 3 is 2.62 bits per heavy atom. The maximum absolute atomic E-state index is 12.9. The number of carbonyl (C=O) groups is 1. The number of para-hydroxylation sites is 2. The molecular formula is C16H24N2O3. The Labute approximate surface area is 126 Å². The lowest BCUT2D eigenvalue weighted by Gasteiger charge is -2.41. The SMILES string of the molecule is CCC1(CC)Oc2ccccc2N(CCOCCN)C1=O. The number of amides is 1. The van der Waals surface area contributed by atoms with E-state index in [1.165, 1.54) is 0 Å². The van der Waals surface area contributed by atoms with E-state index in [1.807, 2.05) is 38.1 Å². The fraction of sp³-hybridized carbons (Fsp3) is 0.562. The highest BCUT2D eigenvalue weighted by molar-refractivity contribution is 6.02. The van der Waals surface area contributed by atoms with Crippen LogP contribution in [0.25, 0.3) is 0 Å². The molecule has 0 fully saturated rings. The van der Waals surface area contributed by atoms with Crippen LogP contribution < -0.4 is 15.4 Å². The minimum Gasteiger partial charge on any atom is -0.475 e. The van der Waals surface area contributed by atoms with Crippen LogP contribution in [-0.2, 0) is 9.53 Å². The molecule has 1 aromatic carbocycles. The second kappa shape index (κ2) is 6.91. The van der Waals surface area contributed by atoms with Gasteiger partial charge in [-0.1, -0.05) is 26.0 Å². The first-order valence-corrected chi connectivity index (χ1v) is 7.56. The standard InChI is InChI=1S/C16H24N2O3/c1-3-16(4-2)15(19)18(10-12-20-11-9-17)13-7-5-6-8-14(13)21-16/h5-8H,3-4,9-12,17H2,1-2H3. The summed E-state index contributed by atoms with van der Waals surface area (Å²) in [7, 11) is 0. The molecule has 0 saturated carbocycles. The summed E-state index contributed by atoms with van der Waals surface area (Å²) in [5, 5.41) is 0. The Hall–Kier alpha value is -1.59. The van der Waals surface area contributed by atoms with Gasteiger partial charge in [0.25, 0.3) is 5.91 Å². The average Bonchev–Trinajstić information content (AvgIpc) is 2.53. The van der Waals surface area contributed by atoms with Gasteiger partial charge >= 0.3 is 0 Å². The van der Waals surface area contributed by atoms with E-state index in [1.54, 1.807) is 4.90 Å². The van der Waals surface area contributed by atoms with E-state index in [0.29, 0.717) is 39.1 Å². The Morgan fingerprint density at radius 2 is 1.95 bits per heavy atom. The van der Waals surface area contributed by atoms with Crippen LogP contribution in [-0.4, -0.2) is 37.8 Å². The van der Waals surface area contributed by atoms with Crippen LogP contribution in [0.4, 0.5) is 5.69 Å². The van der Waals surface area contributed by atoms with Crippen LogP contribution in [0.1, 0.15) is 26.7 Å². The van der Waals surface area contributed by atoms with Gasteiger partial charge in [0.2, 0.25) is 0 Å². The number of hydrogen-bond acceptors (Lipinski definition) is 4. The molecule has 0 aliphatic carbocycles. The molecule has 5 nitrogen and oxygen atoms in total. The van der Waals surface area contributed by atoms with Gasteiger partial charge in [0.1, 0.15) is 5.75 Å². The molecule has 0 aromatic heterocycles. The van der Waals surface area contributed by atoms with Crippen molar-refractivity contribution in [2.24, 2.45) is 5.73 Å². The highest BCUT2D eigenvalue weighted by atomic mass is 16.5. The van der Waals surface area contributed by atoms with Gasteiger partial charge in [-0.15, -0.1) is 0 Å². The zero-order valence-electron chi connectivity index (χ0n) is 12.8. The van der Waals surface area contributed by atoms with Crippen molar-refractivity contribution in [3.8, 4) is 5.75 Å². The highest BCUT2D eigenvalue weighted by Crippen LogP contribution is 2.40. The lowest BCUT2D eigenvalue weighted by atomic mass is 9.93. The Kier molecular flexibility index (Phi) is 5.20. The van der Waals surface area contributed by atoms with E-state index in [2.05, 4.69) is 0 Å². The number of carbonyl (C=O) groups excluding carboxylic acids is 1. The monoisotopic (exact) mass is 292 g/mol. The molecule has 2 rings (SSSR count). The third-order valence-electron chi connectivity index (χ3n) is 3.96. The van der Waals surface area contributed by atoms with Gasteiger partial charge in [0.15, 0.2) is 5.60 Å². The molecule has 1 heterocycles. The van der Waals surface area contributed by atoms with Crippen molar-refractivity contribution >= 4 is 11.6 Å².